The fraction of sp³-hybridized carbons (Fsp3) is 0.154. The molecule has 0 spiro atoms. The number of hydrogen-bond acceptors (Lipinski definition) is 5. The number of anilines is 1. The largest absolute Gasteiger partial charge is 0.397 e. The summed E-state index contributed by atoms with van der Waals surface area (Å²) in [4.78, 5) is 4.64. The molecular weight excluding hydrogens is 280 g/mol. The van der Waals surface area contributed by atoms with Crippen LogP contribution in [0.1, 0.15) is 10.8 Å². The first kappa shape index (κ1) is 12.5. The number of rotatable bonds is 2. The highest BCUT2D eigenvalue weighted by molar-refractivity contribution is 8.01. The fourth-order valence-electron chi connectivity index (χ4n) is 2.14. The third-order valence-corrected chi connectivity index (χ3v) is 6.32. The van der Waals surface area contributed by atoms with E-state index in [1.165, 1.54) is 11.8 Å². The zero-order chi connectivity index (χ0) is 13.5. The van der Waals surface area contributed by atoms with Gasteiger partial charge >= 0.3 is 0 Å². The first-order valence-electron chi connectivity index (χ1n) is 5.77. The monoisotopic (exact) mass is 292 g/mol. The van der Waals surface area contributed by atoms with Gasteiger partial charge in [-0.1, -0.05) is 30.0 Å². The summed E-state index contributed by atoms with van der Waals surface area (Å²) < 4.78 is 24.1. The van der Waals surface area contributed by atoms with Crippen LogP contribution in [0.5, 0.6) is 0 Å². The van der Waals surface area contributed by atoms with Gasteiger partial charge in [-0.05, 0) is 23.8 Å². The SMILES string of the molecule is Nc1cccnc1SC1CS(=O)(=O)c2ccccc21. The molecule has 0 saturated carbocycles. The molecule has 19 heavy (non-hydrogen) atoms. The van der Waals surface area contributed by atoms with E-state index >= 15 is 0 Å². The Morgan fingerprint density at radius 3 is 2.79 bits per heavy atom. The van der Waals surface area contributed by atoms with E-state index in [9.17, 15) is 8.42 Å². The molecule has 98 valence electrons. The average Bonchev–Trinajstić information content (AvgIpc) is 2.65. The highest BCUT2D eigenvalue weighted by Gasteiger charge is 2.35. The van der Waals surface area contributed by atoms with E-state index in [0.717, 1.165) is 5.56 Å². The molecule has 2 aromatic rings. The number of thioether (sulfide) groups is 1. The Labute approximate surface area is 116 Å². The quantitative estimate of drug-likeness (QED) is 0.919. The van der Waals surface area contributed by atoms with Gasteiger partial charge in [0.1, 0.15) is 5.03 Å². The zero-order valence-corrected chi connectivity index (χ0v) is 11.6. The van der Waals surface area contributed by atoms with Crippen LogP contribution in [0.25, 0.3) is 0 Å². The fourth-order valence-corrected chi connectivity index (χ4v) is 5.57. The van der Waals surface area contributed by atoms with E-state index < -0.39 is 9.84 Å². The van der Waals surface area contributed by atoms with Crippen LogP contribution < -0.4 is 5.73 Å². The summed E-state index contributed by atoms with van der Waals surface area (Å²) in [6.45, 7) is 0. The molecule has 0 fully saturated rings. The molecule has 1 atom stereocenters. The molecule has 0 bridgehead atoms. The first-order valence-corrected chi connectivity index (χ1v) is 8.30. The van der Waals surface area contributed by atoms with Gasteiger partial charge in [-0.3, -0.25) is 0 Å². The van der Waals surface area contributed by atoms with E-state index in [-0.39, 0.29) is 11.0 Å². The number of aromatic nitrogens is 1. The van der Waals surface area contributed by atoms with Crippen molar-refractivity contribution in [3.05, 3.63) is 48.2 Å². The topological polar surface area (TPSA) is 73.0 Å². The van der Waals surface area contributed by atoms with Crippen molar-refractivity contribution in [2.24, 2.45) is 0 Å². The molecule has 1 aliphatic heterocycles. The van der Waals surface area contributed by atoms with Crippen molar-refractivity contribution in [1.29, 1.82) is 0 Å². The van der Waals surface area contributed by atoms with Gasteiger partial charge in [0.15, 0.2) is 9.84 Å². The Morgan fingerprint density at radius 2 is 2.00 bits per heavy atom. The van der Waals surface area contributed by atoms with Gasteiger partial charge in [-0.2, -0.15) is 0 Å². The van der Waals surface area contributed by atoms with Gasteiger partial charge in [-0.25, -0.2) is 13.4 Å². The molecule has 6 heteroatoms. The van der Waals surface area contributed by atoms with Gasteiger partial charge in [0.05, 0.1) is 21.6 Å². The van der Waals surface area contributed by atoms with Crippen LogP contribution in [-0.4, -0.2) is 19.2 Å². The molecule has 1 aliphatic rings. The van der Waals surface area contributed by atoms with E-state index in [1.807, 2.05) is 12.1 Å². The van der Waals surface area contributed by atoms with E-state index in [1.54, 1.807) is 30.5 Å². The van der Waals surface area contributed by atoms with Gasteiger partial charge in [0.25, 0.3) is 0 Å². The molecule has 4 nitrogen and oxygen atoms in total. The molecule has 2 N–H and O–H groups in total. The number of pyridine rings is 1. The molecule has 3 rings (SSSR count). The Bertz CT molecular complexity index is 729. The van der Waals surface area contributed by atoms with Crippen molar-refractivity contribution in [3.8, 4) is 0 Å². The molecular formula is C13H12N2O2S2. The maximum absolute atomic E-state index is 12.1. The summed E-state index contributed by atoms with van der Waals surface area (Å²) in [5, 5.41) is 0.540. The molecule has 0 radical (unpaired) electrons. The second kappa shape index (κ2) is 4.54. The van der Waals surface area contributed by atoms with Crippen LogP contribution in [0.3, 0.4) is 0 Å². The normalized spacial score (nSPS) is 20.1. The number of hydrogen-bond donors (Lipinski definition) is 1. The highest BCUT2D eigenvalue weighted by atomic mass is 32.2. The van der Waals surface area contributed by atoms with Gasteiger partial charge < -0.3 is 5.73 Å². The van der Waals surface area contributed by atoms with Crippen molar-refractivity contribution >= 4 is 27.3 Å². The van der Waals surface area contributed by atoms with Crippen molar-refractivity contribution in [2.45, 2.75) is 15.2 Å². The molecule has 0 amide bonds. The minimum Gasteiger partial charge on any atom is -0.397 e. The van der Waals surface area contributed by atoms with Crippen molar-refractivity contribution < 1.29 is 8.42 Å². The number of nitrogens with two attached hydrogens (primary N) is 1. The number of nitrogen functional groups attached to an aromatic ring is 1. The van der Waals surface area contributed by atoms with E-state index in [0.29, 0.717) is 15.6 Å². The summed E-state index contributed by atoms with van der Waals surface area (Å²) in [5.41, 5.74) is 7.28. The number of fused-ring (bicyclic) bond motifs is 1. The lowest BCUT2D eigenvalue weighted by Crippen LogP contribution is -2.02. The smallest absolute Gasteiger partial charge is 0.180 e. The van der Waals surface area contributed by atoms with Gasteiger partial charge in [-0.15, -0.1) is 0 Å². The van der Waals surface area contributed by atoms with Crippen LogP contribution in [0.15, 0.2) is 52.5 Å². The molecule has 0 saturated heterocycles. The zero-order valence-electron chi connectivity index (χ0n) is 9.98. The van der Waals surface area contributed by atoms with Crippen LogP contribution in [0, 0.1) is 0 Å². The number of nitrogens with zero attached hydrogens (tertiary/aromatic N) is 1. The molecule has 1 aromatic heterocycles. The predicted octanol–water partition coefficient (Wildman–Crippen LogP) is 2.28. The molecule has 2 heterocycles. The molecule has 1 unspecified atom stereocenters. The van der Waals surface area contributed by atoms with Gasteiger partial charge in [0, 0.05) is 6.20 Å². The molecule has 1 aromatic carbocycles. The minimum atomic E-state index is -3.18. The summed E-state index contributed by atoms with van der Waals surface area (Å²) in [6.07, 6.45) is 1.66. The maximum Gasteiger partial charge on any atom is 0.180 e. The van der Waals surface area contributed by atoms with E-state index in [4.69, 9.17) is 5.73 Å². The minimum absolute atomic E-state index is 0.104. The van der Waals surface area contributed by atoms with E-state index in [2.05, 4.69) is 4.98 Å². The van der Waals surface area contributed by atoms with Gasteiger partial charge in [0.2, 0.25) is 0 Å². The summed E-state index contributed by atoms with van der Waals surface area (Å²) >= 11 is 1.41. The van der Waals surface area contributed by atoms with Crippen molar-refractivity contribution in [2.75, 3.05) is 11.5 Å². The lowest BCUT2D eigenvalue weighted by atomic mass is 10.2. The lowest BCUT2D eigenvalue weighted by molar-refractivity contribution is 0.600. The summed E-state index contributed by atoms with van der Waals surface area (Å²) in [5.74, 6) is 0.104. The highest BCUT2D eigenvalue weighted by Crippen LogP contribution is 2.45. The maximum atomic E-state index is 12.1. The van der Waals surface area contributed by atoms with Crippen molar-refractivity contribution in [1.82, 2.24) is 4.98 Å². The Kier molecular flexibility index (Phi) is 2.99. The number of benzene rings is 1. The van der Waals surface area contributed by atoms with Crippen LogP contribution in [0.4, 0.5) is 5.69 Å². The Morgan fingerprint density at radius 1 is 1.21 bits per heavy atom. The predicted molar refractivity (Wildman–Crippen MR) is 75.7 cm³/mol. The second-order valence-electron chi connectivity index (χ2n) is 4.32. The standard InChI is InChI=1S/C13H12N2O2S2/c14-10-5-3-7-15-13(10)18-11-8-19(16,17)12-6-2-1-4-9(11)12/h1-7,11H,8,14H2. The number of sulfone groups is 1. The lowest BCUT2D eigenvalue weighted by Gasteiger charge is -2.10. The Balaban J connectivity index is 1.99. The van der Waals surface area contributed by atoms with Crippen LogP contribution in [0.2, 0.25) is 0 Å². The third-order valence-electron chi connectivity index (χ3n) is 3.03. The van der Waals surface area contributed by atoms with Crippen molar-refractivity contribution in [3.63, 3.8) is 0 Å². The first-order chi connectivity index (χ1) is 9.08. The Hall–Kier alpha value is -1.53. The summed E-state index contributed by atoms with van der Waals surface area (Å²) in [6, 6.07) is 10.7. The third kappa shape index (κ3) is 2.21. The van der Waals surface area contributed by atoms with Crippen LogP contribution >= 0.6 is 11.8 Å². The molecule has 0 aliphatic carbocycles. The summed E-state index contributed by atoms with van der Waals surface area (Å²) in [7, 11) is -3.18. The second-order valence-corrected chi connectivity index (χ2v) is 7.52. The average molecular weight is 292 g/mol. The van der Waals surface area contributed by atoms with Crippen LogP contribution in [-0.2, 0) is 9.84 Å².